The van der Waals surface area contributed by atoms with Crippen LogP contribution in [-0.4, -0.2) is 49.2 Å². The Hall–Kier alpha value is -2.64. The first-order valence-electron chi connectivity index (χ1n) is 9.56. The van der Waals surface area contributed by atoms with Crippen LogP contribution in [0.5, 0.6) is 0 Å². The van der Waals surface area contributed by atoms with E-state index < -0.39 is 6.03 Å². The maximum absolute atomic E-state index is 13.1. The highest BCUT2D eigenvalue weighted by molar-refractivity contribution is 6.31. The molecule has 0 saturated carbocycles. The summed E-state index contributed by atoms with van der Waals surface area (Å²) in [5.74, 6) is -0.500. The second-order valence-corrected chi connectivity index (χ2v) is 7.77. The molecule has 2 aliphatic heterocycles. The van der Waals surface area contributed by atoms with Crippen LogP contribution in [0.4, 0.5) is 20.6 Å². The number of hydrogen-bond acceptors (Lipinski definition) is 4. The molecular weight excluding hydrogens is 395 g/mol. The minimum Gasteiger partial charge on any atom is -0.369 e. The molecule has 29 heavy (non-hydrogen) atoms. The zero-order chi connectivity index (χ0) is 20.5. The zero-order valence-corrected chi connectivity index (χ0v) is 16.8. The first kappa shape index (κ1) is 19.7. The van der Waals surface area contributed by atoms with Crippen LogP contribution >= 0.6 is 11.6 Å². The molecule has 1 unspecified atom stereocenters. The van der Waals surface area contributed by atoms with Gasteiger partial charge in [-0.3, -0.25) is 9.69 Å². The van der Waals surface area contributed by atoms with Crippen molar-refractivity contribution in [2.75, 3.05) is 36.0 Å². The van der Waals surface area contributed by atoms with Crippen LogP contribution < -0.4 is 15.1 Å². The number of piperazine rings is 1. The Labute approximate surface area is 173 Å². The van der Waals surface area contributed by atoms with Gasteiger partial charge in [-0.05, 0) is 48.9 Å². The molecule has 2 aromatic rings. The van der Waals surface area contributed by atoms with Crippen molar-refractivity contribution in [3.05, 3.63) is 58.9 Å². The van der Waals surface area contributed by atoms with Crippen molar-refractivity contribution in [3.8, 4) is 0 Å². The summed E-state index contributed by atoms with van der Waals surface area (Å²) in [6.45, 7) is 4.72. The molecule has 8 heteroatoms. The van der Waals surface area contributed by atoms with Gasteiger partial charge in [0.1, 0.15) is 5.82 Å². The van der Waals surface area contributed by atoms with Crippen LogP contribution in [0.3, 0.4) is 0 Å². The SMILES string of the molecule is Cc1ccc(Cl)cc1N1C(=O)CC(N2CCN(c3ccc(F)cc3)CC2)NC1=O. The topological polar surface area (TPSA) is 55.9 Å². The van der Waals surface area contributed by atoms with Crippen LogP contribution in [0.1, 0.15) is 12.0 Å². The van der Waals surface area contributed by atoms with Gasteiger partial charge in [-0.1, -0.05) is 17.7 Å². The summed E-state index contributed by atoms with van der Waals surface area (Å²) in [4.78, 5) is 31.0. The molecule has 1 N–H and O–H groups in total. The van der Waals surface area contributed by atoms with Gasteiger partial charge in [-0.25, -0.2) is 14.1 Å². The van der Waals surface area contributed by atoms with E-state index >= 15 is 0 Å². The smallest absolute Gasteiger partial charge is 0.330 e. The third kappa shape index (κ3) is 4.06. The number of urea groups is 1. The Bertz CT molecular complexity index is 911. The van der Waals surface area contributed by atoms with Gasteiger partial charge < -0.3 is 10.2 Å². The largest absolute Gasteiger partial charge is 0.369 e. The van der Waals surface area contributed by atoms with Gasteiger partial charge in [-0.15, -0.1) is 0 Å². The number of nitrogens with one attached hydrogen (secondary N) is 1. The van der Waals surface area contributed by atoms with Crippen molar-refractivity contribution in [1.29, 1.82) is 0 Å². The highest BCUT2D eigenvalue weighted by Crippen LogP contribution is 2.28. The second kappa shape index (κ2) is 8.00. The summed E-state index contributed by atoms with van der Waals surface area (Å²) in [5.41, 5.74) is 2.29. The maximum atomic E-state index is 13.1. The summed E-state index contributed by atoms with van der Waals surface area (Å²) < 4.78 is 13.1. The van der Waals surface area contributed by atoms with Gasteiger partial charge >= 0.3 is 6.03 Å². The van der Waals surface area contributed by atoms with Crippen LogP contribution in [0.25, 0.3) is 0 Å². The van der Waals surface area contributed by atoms with Crippen molar-refractivity contribution < 1.29 is 14.0 Å². The van der Waals surface area contributed by atoms with Crippen molar-refractivity contribution in [1.82, 2.24) is 10.2 Å². The Morgan fingerprint density at radius 2 is 1.72 bits per heavy atom. The van der Waals surface area contributed by atoms with E-state index in [9.17, 15) is 14.0 Å². The predicted octanol–water partition coefficient (Wildman–Crippen LogP) is 3.38. The number of carbonyl (C=O) groups excluding carboxylic acids is 2. The molecule has 2 aliphatic rings. The number of halogens is 2. The summed E-state index contributed by atoms with van der Waals surface area (Å²) in [7, 11) is 0. The number of anilines is 2. The van der Waals surface area contributed by atoms with Gasteiger partial charge in [0.25, 0.3) is 0 Å². The molecule has 6 nitrogen and oxygen atoms in total. The minimum atomic E-state index is -0.433. The fourth-order valence-corrected chi connectivity index (χ4v) is 4.03. The monoisotopic (exact) mass is 416 g/mol. The predicted molar refractivity (Wildman–Crippen MR) is 111 cm³/mol. The number of nitrogens with zero attached hydrogens (tertiary/aromatic N) is 3. The van der Waals surface area contributed by atoms with E-state index in [0.717, 1.165) is 24.3 Å². The summed E-state index contributed by atoms with van der Waals surface area (Å²) in [5, 5.41) is 3.43. The number of amides is 3. The van der Waals surface area contributed by atoms with Crippen molar-refractivity contribution in [2.45, 2.75) is 19.5 Å². The lowest BCUT2D eigenvalue weighted by Crippen LogP contribution is -2.63. The van der Waals surface area contributed by atoms with Crippen molar-refractivity contribution in [2.24, 2.45) is 0 Å². The third-order valence-electron chi connectivity index (χ3n) is 5.47. The van der Waals surface area contributed by atoms with Crippen LogP contribution in [-0.2, 0) is 4.79 Å². The lowest BCUT2D eigenvalue weighted by atomic mass is 10.1. The lowest BCUT2D eigenvalue weighted by Gasteiger charge is -2.42. The highest BCUT2D eigenvalue weighted by atomic mass is 35.5. The molecule has 2 aromatic carbocycles. The van der Waals surface area contributed by atoms with E-state index in [0.29, 0.717) is 23.8 Å². The summed E-state index contributed by atoms with van der Waals surface area (Å²) in [6, 6.07) is 11.2. The molecule has 2 heterocycles. The van der Waals surface area contributed by atoms with E-state index in [4.69, 9.17) is 11.6 Å². The van der Waals surface area contributed by atoms with Gasteiger partial charge in [0.15, 0.2) is 0 Å². The van der Waals surface area contributed by atoms with Crippen LogP contribution in [0, 0.1) is 12.7 Å². The fraction of sp³-hybridized carbons (Fsp3) is 0.333. The first-order valence-corrected chi connectivity index (χ1v) is 9.94. The lowest BCUT2D eigenvalue weighted by molar-refractivity contribution is -0.120. The molecule has 152 valence electrons. The average Bonchev–Trinajstić information content (AvgIpc) is 2.71. The summed E-state index contributed by atoms with van der Waals surface area (Å²) in [6.07, 6.45) is -0.130. The minimum absolute atomic E-state index is 0.203. The number of rotatable bonds is 3. The van der Waals surface area contributed by atoms with Crippen molar-refractivity contribution in [3.63, 3.8) is 0 Å². The molecule has 0 radical (unpaired) electrons. The number of carbonyl (C=O) groups is 2. The van der Waals surface area contributed by atoms with E-state index in [-0.39, 0.29) is 24.3 Å². The molecule has 0 spiro atoms. The molecule has 4 rings (SSSR count). The Balaban J connectivity index is 1.41. The standard InChI is InChI=1S/C21H22ClFN4O2/c1-14-2-3-15(22)12-18(14)27-20(28)13-19(24-21(27)29)26-10-8-25(9-11-26)17-6-4-16(23)5-7-17/h2-7,12,19H,8-11,13H2,1H3,(H,24,29). The van der Waals surface area contributed by atoms with Gasteiger partial charge in [0, 0.05) is 36.9 Å². The molecule has 3 amide bonds. The quantitative estimate of drug-likeness (QED) is 0.833. The third-order valence-corrected chi connectivity index (χ3v) is 5.70. The number of aryl methyl sites for hydroxylation is 1. The summed E-state index contributed by atoms with van der Waals surface area (Å²) >= 11 is 6.05. The number of hydrogen-bond donors (Lipinski definition) is 1. The zero-order valence-electron chi connectivity index (χ0n) is 16.1. The molecule has 2 saturated heterocycles. The first-order chi connectivity index (χ1) is 13.9. The number of benzene rings is 2. The average molecular weight is 417 g/mol. The molecule has 1 atom stereocenters. The molecule has 0 aliphatic carbocycles. The fourth-order valence-electron chi connectivity index (χ4n) is 3.86. The Morgan fingerprint density at radius 1 is 1.03 bits per heavy atom. The molecule has 0 bridgehead atoms. The van der Waals surface area contributed by atoms with Gasteiger partial charge in [0.05, 0.1) is 18.3 Å². The molecular formula is C21H22ClFN4O2. The maximum Gasteiger partial charge on any atom is 0.330 e. The van der Waals surface area contributed by atoms with E-state index in [2.05, 4.69) is 15.1 Å². The van der Waals surface area contributed by atoms with Gasteiger partial charge in [-0.2, -0.15) is 0 Å². The number of imide groups is 1. The van der Waals surface area contributed by atoms with Crippen LogP contribution in [0.15, 0.2) is 42.5 Å². The Morgan fingerprint density at radius 3 is 2.38 bits per heavy atom. The van der Waals surface area contributed by atoms with E-state index in [1.165, 1.54) is 17.0 Å². The van der Waals surface area contributed by atoms with E-state index in [1.807, 2.05) is 6.92 Å². The Kier molecular flexibility index (Phi) is 5.43. The van der Waals surface area contributed by atoms with E-state index in [1.54, 1.807) is 30.3 Å². The highest BCUT2D eigenvalue weighted by Gasteiger charge is 2.37. The van der Waals surface area contributed by atoms with Crippen molar-refractivity contribution >= 4 is 34.9 Å². The molecule has 2 fully saturated rings. The van der Waals surface area contributed by atoms with Gasteiger partial charge in [0.2, 0.25) is 5.91 Å². The van der Waals surface area contributed by atoms with Crippen LogP contribution in [0.2, 0.25) is 5.02 Å². The molecule has 0 aromatic heterocycles. The second-order valence-electron chi connectivity index (χ2n) is 7.33. The normalized spacial score (nSPS) is 20.7.